The van der Waals surface area contributed by atoms with Crippen LogP contribution in [0.4, 0.5) is 0 Å². The molecule has 0 bridgehead atoms. The number of aliphatic hydroxyl groups is 1. The minimum Gasteiger partial charge on any atom is -0.497 e. The summed E-state index contributed by atoms with van der Waals surface area (Å²) in [7, 11) is 3.19. The number of carboxylic acids is 1. The van der Waals surface area contributed by atoms with Crippen molar-refractivity contribution in [2.45, 2.75) is 38.3 Å². The van der Waals surface area contributed by atoms with Gasteiger partial charge in [0.2, 0.25) is 5.91 Å². The summed E-state index contributed by atoms with van der Waals surface area (Å²) in [5, 5.41) is 17.9. The molecule has 6 N–H and O–H groups in total. The number of carbonyl (C=O) groups is 2. The Labute approximate surface area is 141 Å². The Morgan fingerprint density at radius 2 is 1.88 bits per heavy atom. The molecule has 8 heteroatoms. The third-order valence-electron chi connectivity index (χ3n) is 3.22. The summed E-state index contributed by atoms with van der Waals surface area (Å²) in [4.78, 5) is 20.1. The molecular formula is C16H26N2O6. The van der Waals surface area contributed by atoms with Crippen LogP contribution < -0.4 is 20.9 Å². The Morgan fingerprint density at radius 3 is 2.29 bits per heavy atom. The van der Waals surface area contributed by atoms with E-state index in [0.29, 0.717) is 12.2 Å². The highest BCUT2D eigenvalue weighted by Crippen LogP contribution is 2.30. The van der Waals surface area contributed by atoms with Gasteiger partial charge in [-0.2, -0.15) is 0 Å². The van der Waals surface area contributed by atoms with Crippen LogP contribution in [-0.4, -0.2) is 42.4 Å². The zero-order valence-corrected chi connectivity index (χ0v) is 14.2. The second kappa shape index (κ2) is 11.3. The molecule has 8 nitrogen and oxygen atoms in total. The van der Waals surface area contributed by atoms with Crippen LogP contribution >= 0.6 is 0 Å². The Morgan fingerprint density at radius 1 is 1.25 bits per heavy atom. The molecule has 0 aliphatic heterocycles. The molecule has 0 heterocycles. The third-order valence-corrected chi connectivity index (χ3v) is 3.22. The van der Waals surface area contributed by atoms with Gasteiger partial charge < -0.3 is 31.2 Å². The predicted molar refractivity (Wildman–Crippen MR) is 88.8 cm³/mol. The van der Waals surface area contributed by atoms with Gasteiger partial charge in [-0.3, -0.25) is 9.59 Å². The second-order valence-corrected chi connectivity index (χ2v) is 4.97. The van der Waals surface area contributed by atoms with Crippen LogP contribution in [0.1, 0.15) is 37.9 Å². The fourth-order valence-corrected chi connectivity index (χ4v) is 1.74. The van der Waals surface area contributed by atoms with Crippen LogP contribution in [0, 0.1) is 0 Å². The minimum atomic E-state index is -0.975. The molecule has 0 fully saturated rings. The van der Waals surface area contributed by atoms with E-state index < -0.39 is 24.0 Å². The van der Waals surface area contributed by atoms with Gasteiger partial charge in [-0.15, -0.1) is 0 Å². The summed E-state index contributed by atoms with van der Waals surface area (Å²) >= 11 is 0. The summed E-state index contributed by atoms with van der Waals surface area (Å²) in [5.74, 6) is -0.216. The summed E-state index contributed by atoms with van der Waals surface area (Å²) < 4.78 is 10.2. The SMILES string of the molecule is CC[C@H](O)c1cc(OC)ccc1OC.NC(=O)[C@@H](N)CCC(=O)O. The van der Waals surface area contributed by atoms with E-state index in [0.717, 1.165) is 11.3 Å². The summed E-state index contributed by atoms with van der Waals surface area (Å²) in [6.45, 7) is 1.92. The fraction of sp³-hybridized carbons (Fsp3) is 0.500. The maximum absolute atomic E-state index is 10.2. The molecule has 0 aliphatic rings. The van der Waals surface area contributed by atoms with Crippen molar-refractivity contribution in [3.8, 4) is 11.5 Å². The minimum absolute atomic E-state index is 0.102. The number of hydrogen-bond acceptors (Lipinski definition) is 6. The summed E-state index contributed by atoms with van der Waals surface area (Å²) in [5.41, 5.74) is 10.7. The van der Waals surface area contributed by atoms with Gasteiger partial charge in [-0.05, 0) is 31.0 Å². The standard InChI is InChI=1S/C11H16O3.C5H10N2O3/c1-4-10(12)9-7-8(13-2)5-6-11(9)14-3;6-3(5(7)10)1-2-4(8)9/h5-7,10,12H,4H2,1-3H3;3H,1-2,6H2,(H2,7,10)(H,8,9)/t10-;3-/m00/s1. The van der Waals surface area contributed by atoms with E-state index in [1.807, 2.05) is 13.0 Å². The molecule has 0 saturated carbocycles. The van der Waals surface area contributed by atoms with E-state index in [4.69, 9.17) is 26.0 Å². The Bertz CT molecular complexity index is 535. The Kier molecular flexibility index (Phi) is 10.2. The first-order valence-electron chi connectivity index (χ1n) is 7.43. The number of amides is 1. The van der Waals surface area contributed by atoms with Gasteiger partial charge in [0.15, 0.2) is 0 Å². The number of aliphatic carboxylic acids is 1. The summed E-state index contributed by atoms with van der Waals surface area (Å²) in [6.07, 6.45) is 0.137. The first kappa shape index (κ1) is 21.7. The van der Waals surface area contributed by atoms with Gasteiger partial charge in [0.05, 0.1) is 26.4 Å². The molecule has 2 atom stereocenters. The van der Waals surface area contributed by atoms with E-state index in [2.05, 4.69) is 0 Å². The van der Waals surface area contributed by atoms with Gasteiger partial charge in [0.25, 0.3) is 0 Å². The highest BCUT2D eigenvalue weighted by atomic mass is 16.5. The normalized spacial score (nSPS) is 12.4. The maximum atomic E-state index is 10.2. The first-order chi connectivity index (χ1) is 11.3. The zero-order valence-electron chi connectivity index (χ0n) is 14.2. The van der Waals surface area contributed by atoms with Gasteiger partial charge in [0, 0.05) is 12.0 Å². The molecule has 0 unspecified atom stereocenters. The lowest BCUT2D eigenvalue weighted by molar-refractivity contribution is -0.137. The smallest absolute Gasteiger partial charge is 0.303 e. The summed E-state index contributed by atoms with van der Waals surface area (Å²) in [6, 6.07) is 4.57. The molecule has 0 aromatic heterocycles. The third kappa shape index (κ3) is 7.80. The fourth-order valence-electron chi connectivity index (χ4n) is 1.74. The molecular weight excluding hydrogens is 316 g/mol. The number of aliphatic hydroxyl groups excluding tert-OH is 1. The number of rotatable bonds is 8. The molecule has 0 spiro atoms. The van der Waals surface area contributed by atoms with Crippen LogP contribution in [0.2, 0.25) is 0 Å². The maximum Gasteiger partial charge on any atom is 0.303 e. The average Bonchev–Trinajstić information content (AvgIpc) is 2.58. The quantitative estimate of drug-likeness (QED) is 0.547. The highest BCUT2D eigenvalue weighted by Gasteiger charge is 2.12. The Balaban J connectivity index is 0.000000470. The van der Waals surface area contributed by atoms with Gasteiger partial charge >= 0.3 is 5.97 Å². The molecule has 0 saturated heterocycles. The number of methoxy groups -OCH3 is 2. The predicted octanol–water partition coefficient (Wildman–Crippen LogP) is 0.811. The molecule has 1 aromatic rings. The van der Waals surface area contributed by atoms with Crippen molar-refractivity contribution in [1.29, 1.82) is 0 Å². The van der Waals surface area contributed by atoms with Crippen molar-refractivity contribution >= 4 is 11.9 Å². The molecule has 136 valence electrons. The van der Waals surface area contributed by atoms with E-state index in [-0.39, 0.29) is 12.8 Å². The van der Waals surface area contributed by atoms with Gasteiger partial charge in [0.1, 0.15) is 11.5 Å². The lowest BCUT2D eigenvalue weighted by atomic mass is 10.1. The van der Waals surface area contributed by atoms with E-state index in [9.17, 15) is 14.7 Å². The Hall–Kier alpha value is -2.32. The monoisotopic (exact) mass is 342 g/mol. The zero-order chi connectivity index (χ0) is 18.7. The number of benzene rings is 1. The number of nitrogens with two attached hydrogens (primary N) is 2. The van der Waals surface area contributed by atoms with Crippen molar-refractivity contribution in [3.63, 3.8) is 0 Å². The van der Waals surface area contributed by atoms with Crippen LogP contribution in [0.3, 0.4) is 0 Å². The van der Waals surface area contributed by atoms with E-state index in [1.54, 1.807) is 26.4 Å². The largest absolute Gasteiger partial charge is 0.497 e. The molecule has 0 radical (unpaired) electrons. The van der Waals surface area contributed by atoms with Crippen molar-refractivity contribution in [2.75, 3.05) is 14.2 Å². The van der Waals surface area contributed by atoms with E-state index in [1.165, 1.54) is 0 Å². The molecule has 0 aliphatic carbocycles. The highest BCUT2D eigenvalue weighted by molar-refractivity contribution is 5.80. The molecule has 24 heavy (non-hydrogen) atoms. The van der Waals surface area contributed by atoms with Crippen molar-refractivity contribution < 1.29 is 29.3 Å². The average molecular weight is 342 g/mol. The molecule has 1 aromatic carbocycles. The number of carbonyl (C=O) groups excluding carboxylic acids is 1. The lowest BCUT2D eigenvalue weighted by Gasteiger charge is -2.14. The molecule has 1 rings (SSSR count). The number of ether oxygens (including phenoxy) is 2. The van der Waals surface area contributed by atoms with E-state index >= 15 is 0 Å². The van der Waals surface area contributed by atoms with Crippen molar-refractivity contribution in [1.82, 2.24) is 0 Å². The van der Waals surface area contributed by atoms with Crippen molar-refractivity contribution in [2.24, 2.45) is 11.5 Å². The van der Waals surface area contributed by atoms with Crippen LogP contribution in [0.15, 0.2) is 18.2 Å². The number of hydrogen-bond donors (Lipinski definition) is 4. The van der Waals surface area contributed by atoms with Gasteiger partial charge in [-0.25, -0.2) is 0 Å². The first-order valence-corrected chi connectivity index (χ1v) is 7.43. The van der Waals surface area contributed by atoms with Crippen molar-refractivity contribution in [3.05, 3.63) is 23.8 Å². The van der Waals surface area contributed by atoms with Gasteiger partial charge in [-0.1, -0.05) is 6.92 Å². The van der Waals surface area contributed by atoms with Crippen LogP contribution in [0.25, 0.3) is 0 Å². The van der Waals surface area contributed by atoms with Crippen LogP contribution in [0.5, 0.6) is 11.5 Å². The topological polar surface area (TPSA) is 145 Å². The number of carboxylic acid groups (broad SMARTS) is 1. The number of primary amides is 1. The molecule has 1 amide bonds. The second-order valence-electron chi connectivity index (χ2n) is 4.97. The van der Waals surface area contributed by atoms with Crippen LogP contribution in [-0.2, 0) is 9.59 Å². The lowest BCUT2D eigenvalue weighted by Crippen LogP contribution is -2.36.